The molecule has 0 radical (unpaired) electrons. The number of phenols is 1. The molecule has 2 amide bonds. The molecule has 0 aromatic heterocycles. The third-order valence-corrected chi connectivity index (χ3v) is 9.01. The Hall–Kier alpha value is -4.69. The van der Waals surface area contributed by atoms with Crippen LogP contribution in [-0.2, 0) is 20.8 Å². The third-order valence-electron chi connectivity index (χ3n) is 8.48. The van der Waals surface area contributed by atoms with Gasteiger partial charge in [-0.2, -0.15) is 0 Å². The maximum absolute atomic E-state index is 14.9. The van der Waals surface area contributed by atoms with Gasteiger partial charge in [0.25, 0.3) is 11.7 Å². The summed E-state index contributed by atoms with van der Waals surface area (Å²) in [5.41, 5.74) is -0.456. The summed E-state index contributed by atoms with van der Waals surface area (Å²) in [6.07, 6.45) is 2.14. The minimum absolute atomic E-state index is 0.00366. The molecule has 1 unspecified atom stereocenters. The predicted octanol–water partition coefficient (Wildman–Crippen LogP) is 6.15. The highest BCUT2D eigenvalue weighted by molar-refractivity contribution is 9.10. The van der Waals surface area contributed by atoms with Crippen molar-refractivity contribution in [1.29, 1.82) is 0 Å². The maximum Gasteiger partial charge on any atom is 0.300 e. The Morgan fingerprint density at radius 3 is 2.29 bits per heavy atom. The van der Waals surface area contributed by atoms with Gasteiger partial charge in [-0.15, -0.1) is 0 Å². The first kappa shape index (κ1) is 26.2. The number of Topliss-reactive ketones (excluding diaryl/α,β-unsaturated/α-hetero) is 1. The largest absolute Gasteiger partial charge is 0.507 e. The minimum atomic E-state index is -2.04. The molecule has 3 aliphatic heterocycles. The lowest BCUT2D eigenvalue weighted by molar-refractivity contribution is -0.134. The Bertz CT molecular complexity index is 1940. The van der Waals surface area contributed by atoms with E-state index in [9.17, 15) is 24.6 Å². The number of aliphatic hydroxyl groups excluding tert-OH is 1. The average Bonchev–Trinajstić information content (AvgIpc) is 3.39. The zero-order valence-electron chi connectivity index (χ0n) is 22.8. The van der Waals surface area contributed by atoms with Crippen molar-refractivity contribution in [3.05, 3.63) is 118 Å². The van der Waals surface area contributed by atoms with Crippen LogP contribution in [0.3, 0.4) is 0 Å². The van der Waals surface area contributed by atoms with Crippen LogP contribution in [0.15, 0.2) is 101 Å². The third kappa shape index (κ3) is 3.42. The lowest BCUT2D eigenvalue weighted by atomic mass is 9.82. The van der Waals surface area contributed by atoms with Crippen molar-refractivity contribution in [2.75, 3.05) is 4.90 Å². The van der Waals surface area contributed by atoms with E-state index in [4.69, 9.17) is 0 Å². The number of nitrogens with zero attached hydrogens (tertiary/aromatic N) is 2. The summed E-state index contributed by atoms with van der Waals surface area (Å²) in [6.45, 7) is 3.90. The van der Waals surface area contributed by atoms with Crippen molar-refractivity contribution >= 4 is 61.4 Å². The highest BCUT2D eigenvalue weighted by Gasteiger charge is 2.67. The van der Waals surface area contributed by atoms with E-state index < -0.39 is 34.4 Å². The number of carbonyl (C=O) groups is 3. The van der Waals surface area contributed by atoms with Gasteiger partial charge >= 0.3 is 5.91 Å². The summed E-state index contributed by atoms with van der Waals surface area (Å²) in [7, 11) is 0. The van der Waals surface area contributed by atoms with Gasteiger partial charge in [0.05, 0.1) is 17.0 Å². The zero-order chi connectivity index (χ0) is 29.6. The SMILES string of the molecule is CC1(C)Cc2c(ccc3ccccc23)C2=CC3(C(=O)N21)/C(=C(\O)c1ccc(Br)cc1)C(=O)C(=O)N3c1ccccc1O. The number of aromatic hydroxyl groups is 1. The van der Waals surface area contributed by atoms with Gasteiger partial charge in [0.2, 0.25) is 0 Å². The maximum atomic E-state index is 14.9. The molecule has 0 bridgehead atoms. The predicted molar refractivity (Wildman–Crippen MR) is 164 cm³/mol. The lowest BCUT2D eigenvalue weighted by Crippen LogP contribution is -2.58. The second-order valence-electron chi connectivity index (χ2n) is 11.4. The number of amides is 2. The molecule has 1 atom stereocenters. The lowest BCUT2D eigenvalue weighted by Gasteiger charge is -2.44. The van der Waals surface area contributed by atoms with Crippen LogP contribution < -0.4 is 4.90 Å². The number of para-hydroxylation sites is 2. The van der Waals surface area contributed by atoms with Gasteiger partial charge in [0, 0.05) is 21.1 Å². The van der Waals surface area contributed by atoms with Crippen LogP contribution in [0.2, 0.25) is 0 Å². The molecule has 2 N–H and O–H groups in total. The van der Waals surface area contributed by atoms with Crippen LogP contribution in [-0.4, -0.2) is 43.8 Å². The molecule has 1 spiro atoms. The van der Waals surface area contributed by atoms with Crippen molar-refractivity contribution in [3.63, 3.8) is 0 Å². The van der Waals surface area contributed by atoms with E-state index in [1.807, 2.05) is 44.2 Å². The fraction of sp³-hybridized carbons (Fsp3) is 0.147. The Labute approximate surface area is 250 Å². The second kappa shape index (κ2) is 8.90. The normalized spacial score (nSPS) is 22.1. The number of ketones is 1. The van der Waals surface area contributed by atoms with Gasteiger partial charge in [-0.25, -0.2) is 0 Å². The van der Waals surface area contributed by atoms with E-state index in [-0.39, 0.29) is 22.6 Å². The number of halogens is 1. The summed E-state index contributed by atoms with van der Waals surface area (Å²) in [5.74, 6) is -3.33. The Morgan fingerprint density at radius 2 is 1.55 bits per heavy atom. The van der Waals surface area contributed by atoms with E-state index in [1.165, 1.54) is 12.1 Å². The van der Waals surface area contributed by atoms with Crippen LogP contribution in [0.25, 0.3) is 22.2 Å². The summed E-state index contributed by atoms with van der Waals surface area (Å²) in [6, 6.07) is 24.7. The number of carbonyl (C=O) groups excluding carboxylic acids is 3. The number of hydrogen-bond donors (Lipinski definition) is 2. The van der Waals surface area contributed by atoms with Crippen molar-refractivity contribution in [2.24, 2.45) is 0 Å². The van der Waals surface area contributed by atoms with Crippen LogP contribution in [0.1, 0.15) is 30.5 Å². The Balaban J connectivity index is 1.58. The van der Waals surface area contributed by atoms with Crippen LogP contribution in [0.4, 0.5) is 5.69 Å². The molecule has 4 aromatic rings. The smallest absolute Gasteiger partial charge is 0.300 e. The van der Waals surface area contributed by atoms with Crippen LogP contribution >= 0.6 is 15.9 Å². The van der Waals surface area contributed by atoms with Gasteiger partial charge in [-0.3, -0.25) is 19.3 Å². The van der Waals surface area contributed by atoms with Crippen LogP contribution in [0, 0.1) is 0 Å². The summed E-state index contributed by atoms with van der Waals surface area (Å²) in [5, 5.41) is 24.7. The fourth-order valence-corrected chi connectivity index (χ4v) is 6.93. The number of phenolic OH excluding ortho intramolecular Hbond substituents is 1. The molecule has 42 heavy (non-hydrogen) atoms. The van der Waals surface area contributed by atoms with Gasteiger partial charge in [-0.1, -0.05) is 76.6 Å². The molecule has 3 aliphatic rings. The molecule has 0 aliphatic carbocycles. The average molecular weight is 621 g/mol. The Kier molecular flexibility index (Phi) is 5.56. The van der Waals surface area contributed by atoms with E-state index >= 15 is 0 Å². The highest BCUT2D eigenvalue weighted by Crippen LogP contribution is 2.54. The standard InChI is InChI=1S/C34H25BrN2O5/c1-33(2)17-24-22-8-4-3-7-19(22)13-16-23(24)26-18-34(32(42)37(26)33)28(29(39)20-11-14-21(35)15-12-20)30(40)31(41)36(34)25-9-5-6-10-27(25)38/h3-16,18,38-39H,17H2,1-2H3/b29-28-. The van der Waals surface area contributed by atoms with Crippen molar-refractivity contribution < 1.29 is 24.6 Å². The van der Waals surface area contributed by atoms with Gasteiger partial charge in [-0.05, 0) is 66.9 Å². The first-order valence-electron chi connectivity index (χ1n) is 13.5. The van der Waals surface area contributed by atoms with Crippen molar-refractivity contribution in [1.82, 2.24) is 4.90 Å². The fourth-order valence-electron chi connectivity index (χ4n) is 6.67. The molecule has 0 saturated carbocycles. The molecule has 4 aromatic carbocycles. The minimum Gasteiger partial charge on any atom is -0.507 e. The molecular weight excluding hydrogens is 596 g/mol. The van der Waals surface area contributed by atoms with Crippen molar-refractivity contribution in [3.8, 4) is 5.75 Å². The number of fused-ring (bicyclic) bond motifs is 5. The molecule has 3 heterocycles. The molecule has 1 saturated heterocycles. The molecule has 208 valence electrons. The quantitative estimate of drug-likeness (QED) is 0.159. The number of aliphatic hydroxyl groups is 1. The summed E-state index contributed by atoms with van der Waals surface area (Å²) in [4.78, 5) is 45.4. The first-order chi connectivity index (χ1) is 20.1. The van der Waals surface area contributed by atoms with Gasteiger partial charge in [0.15, 0.2) is 5.54 Å². The van der Waals surface area contributed by atoms with E-state index in [0.717, 1.165) is 31.3 Å². The van der Waals surface area contributed by atoms with Crippen LogP contribution in [0.5, 0.6) is 5.75 Å². The number of anilines is 1. The van der Waals surface area contributed by atoms with E-state index in [2.05, 4.69) is 22.0 Å². The zero-order valence-corrected chi connectivity index (χ0v) is 24.3. The highest BCUT2D eigenvalue weighted by atomic mass is 79.9. The molecule has 8 heteroatoms. The molecule has 1 fully saturated rings. The van der Waals surface area contributed by atoms with E-state index in [1.54, 1.807) is 47.4 Å². The number of hydrogen-bond acceptors (Lipinski definition) is 5. The van der Waals surface area contributed by atoms with Crippen molar-refractivity contribution in [2.45, 2.75) is 31.3 Å². The molecular formula is C34H25BrN2O5. The topological polar surface area (TPSA) is 98.2 Å². The van der Waals surface area contributed by atoms with E-state index in [0.29, 0.717) is 12.1 Å². The second-order valence-corrected chi connectivity index (χ2v) is 12.3. The van der Waals surface area contributed by atoms with Gasteiger partial charge in [0.1, 0.15) is 11.5 Å². The monoisotopic (exact) mass is 620 g/mol. The van der Waals surface area contributed by atoms with Gasteiger partial charge < -0.3 is 15.1 Å². The number of benzene rings is 4. The first-order valence-corrected chi connectivity index (χ1v) is 14.3. The summed E-state index contributed by atoms with van der Waals surface area (Å²) >= 11 is 3.38. The molecule has 7 rings (SSSR count). The number of rotatable bonds is 2. The summed E-state index contributed by atoms with van der Waals surface area (Å²) < 4.78 is 0.755. The Morgan fingerprint density at radius 1 is 0.857 bits per heavy atom. The molecule has 7 nitrogen and oxygen atoms in total.